The molecule has 0 amide bonds. The molecule has 0 rings (SSSR count). The van der Waals surface area contributed by atoms with E-state index in [0.29, 0.717) is 19.3 Å². The summed E-state index contributed by atoms with van der Waals surface area (Å²) < 4.78 is 16.8. The fraction of sp³-hybridized carbons (Fsp3) is 0.677. The van der Waals surface area contributed by atoms with Gasteiger partial charge in [-0.2, -0.15) is 0 Å². The van der Waals surface area contributed by atoms with Crippen molar-refractivity contribution in [2.24, 2.45) is 0 Å². The second kappa shape index (κ2) is 58.6. The van der Waals surface area contributed by atoms with Crippen molar-refractivity contribution in [3.05, 3.63) is 109 Å². The third kappa shape index (κ3) is 56.9. The molecule has 6 nitrogen and oxygen atoms in total. The smallest absolute Gasteiger partial charge is 0.306 e. The fourth-order valence-corrected chi connectivity index (χ4v) is 7.91. The molecule has 0 aromatic rings. The summed E-state index contributed by atoms with van der Waals surface area (Å²) in [5.74, 6) is -0.953. The highest BCUT2D eigenvalue weighted by molar-refractivity contribution is 5.71. The molecular formula is C65H108O6. The average Bonchev–Trinajstić information content (AvgIpc) is 3.37. The van der Waals surface area contributed by atoms with Crippen LogP contribution in [0.4, 0.5) is 0 Å². The lowest BCUT2D eigenvalue weighted by atomic mass is 10.0. The third-order valence-electron chi connectivity index (χ3n) is 12.3. The Hall–Kier alpha value is -3.93. The molecule has 0 radical (unpaired) electrons. The van der Waals surface area contributed by atoms with Crippen molar-refractivity contribution in [1.82, 2.24) is 0 Å². The first kappa shape index (κ1) is 67.1. The second-order valence-corrected chi connectivity index (χ2v) is 19.2. The molecule has 1 atom stereocenters. The summed E-state index contributed by atoms with van der Waals surface area (Å²) in [6, 6.07) is 0. The van der Waals surface area contributed by atoms with E-state index >= 15 is 0 Å². The minimum Gasteiger partial charge on any atom is -0.462 e. The van der Waals surface area contributed by atoms with Gasteiger partial charge in [0.25, 0.3) is 0 Å². The Morgan fingerprint density at radius 3 is 0.859 bits per heavy atom. The van der Waals surface area contributed by atoms with Gasteiger partial charge < -0.3 is 14.2 Å². The van der Waals surface area contributed by atoms with Crippen LogP contribution in [0.1, 0.15) is 265 Å². The summed E-state index contributed by atoms with van der Waals surface area (Å²) in [6.07, 6.45) is 79.5. The number of carbonyl (C=O) groups is 3. The largest absolute Gasteiger partial charge is 0.462 e. The van der Waals surface area contributed by atoms with Crippen LogP contribution in [0, 0.1) is 0 Å². The van der Waals surface area contributed by atoms with Gasteiger partial charge in [0.1, 0.15) is 13.2 Å². The molecule has 0 aliphatic heterocycles. The molecule has 0 aromatic heterocycles. The SMILES string of the molecule is CC/C=C\C/C=C\C/C=C\C/C=C\C/C=C\C/C=C\C/C=C\C/C=C\C/C=C\CCCC(=O)OCC(COC(=O)CCCCCCCCCCCCC)OC(=O)CCCCCCCCCCCCCCC. The Labute approximate surface area is 438 Å². The fourth-order valence-electron chi connectivity index (χ4n) is 7.91. The lowest BCUT2D eigenvalue weighted by Crippen LogP contribution is -2.30. The summed E-state index contributed by atoms with van der Waals surface area (Å²) in [7, 11) is 0. The first-order valence-electron chi connectivity index (χ1n) is 29.4. The summed E-state index contributed by atoms with van der Waals surface area (Å²) in [6.45, 7) is 6.47. The Kier molecular flexibility index (Phi) is 55.4. The Balaban J connectivity index is 4.37. The maximum absolute atomic E-state index is 12.8. The zero-order valence-corrected chi connectivity index (χ0v) is 46.2. The lowest BCUT2D eigenvalue weighted by Gasteiger charge is -2.18. The number of esters is 3. The van der Waals surface area contributed by atoms with Gasteiger partial charge in [-0.3, -0.25) is 14.4 Å². The molecule has 1 unspecified atom stereocenters. The van der Waals surface area contributed by atoms with E-state index < -0.39 is 6.10 Å². The summed E-state index contributed by atoms with van der Waals surface area (Å²) in [4.78, 5) is 38.0. The van der Waals surface area contributed by atoms with Crippen LogP contribution in [-0.2, 0) is 28.6 Å². The zero-order valence-electron chi connectivity index (χ0n) is 46.2. The predicted octanol–water partition coefficient (Wildman–Crippen LogP) is 19.9. The highest BCUT2D eigenvalue weighted by Crippen LogP contribution is 2.15. The summed E-state index contributed by atoms with van der Waals surface area (Å²) in [5.41, 5.74) is 0. The van der Waals surface area contributed by atoms with E-state index in [2.05, 4.69) is 130 Å². The van der Waals surface area contributed by atoms with E-state index in [-0.39, 0.29) is 37.5 Å². The summed E-state index contributed by atoms with van der Waals surface area (Å²) in [5, 5.41) is 0. The minimum absolute atomic E-state index is 0.0932. The maximum atomic E-state index is 12.8. The van der Waals surface area contributed by atoms with Crippen LogP contribution in [0.5, 0.6) is 0 Å². The first-order chi connectivity index (χ1) is 35.0. The van der Waals surface area contributed by atoms with Crippen molar-refractivity contribution in [2.75, 3.05) is 13.2 Å². The molecule has 6 heteroatoms. The zero-order chi connectivity index (χ0) is 51.4. The van der Waals surface area contributed by atoms with E-state index in [1.54, 1.807) is 0 Å². The van der Waals surface area contributed by atoms with Gasteiger partial charge in [-0.25, -0.2) is 0 Å². The monoisotopic (exact) mass is 985 g/mol. The van der Waals surface area contributed by atoms with E-state index in [4.69, 9.17) is 14.2 Å². The molecule has 0 aromatic carbocycles. The molecule has 0 heterocycles. The van der Waals surface area contributed by atoms with Gasteiger partial charge in [0, 0.05) is 19.3 Å². The van der Waals surface area contributed by atoms with Crippen LogP contribution in [0.3, 0.4) is 0 Å². The highest BCUT2D eigenvalue weighted by atomic mass is 16.6. The van der Waals surface area contributed by atoms with Crippen LogP contribution >= 0.6 is 0 Å². The van der Waals surface area contributed by atoms with Crippen molar-refractivity contribution in [3.63, 3.8) is 0 Å². The van der Waals surface area contributed by atoms with Gasteiger partial charge >= 0.3 is 17.9 Å². The highest BCUT2D eigenvalue weighted by Gasteiger charge is 2.19. The Morgan fingerprint density at radius 2 is 0.549 bits per heavy atom. The number of hydrogen-bond acceptors (Lipinski definition) is 6. The topological polar surface area (TPSA) is 78.9 Å². The molecule has 0 saturated carbocycles. The number of hydrogen-bond donors (Lipinski definition) is 0. The van der Waals surface area contributed by atoms with Crippen LogP contribution in [-0.4, -0.2) is 37.2 Å². The number of unbranched alkanes of at least 4 members (excludes halogenated alkanes) is 23. The molecule has 0 fully saturated rings. The van der Waals surface area contributed by atoms with E-state index in [1.807, 2.05) is 0 Å². The van der Waals surface area contributed by atoms with Crippen molar-refractivity contribution in [2.45, 2.75) is 271 Å². The van der Waals surface area contributed by atoms with Gasteiger partial charge in [-0.05, 0) is 83.5 Å². The van der Waals surface area contributed by atoms with Gasteiger partial charge in [0.15, 0.2) is 6.10 Å². The Bertz CT molecular complexity index is 1460. The van der Waals surface area contributed by atoms with Gasteiger partial charge in [-0.15, -0.1) is 0 Å². The van der Waals surface area contributed by atoms with Crippen LogP contribution < -0.4 is 0 Å². The molecule has 404 valence electrons. The van der Waals surface area contributed by atoms with E-state index in [9.17, 15) is 14.4 Å². The molecule has 0 aliphatic carbocycles. The molecule has 0 bridgehead atoms. The van der Waals surface area contributed by atoms with E-state index in [1.165, 1.54) is 116 Å². The maximum Gasteiger partial charge on any atom is 0.306 e. The van der Waals surface area contributed by atoms with E-state index in [0.717, 1.165) is 103 Å². The predicted molar refractivity (Wildman–Crippen MR) is 307 cm³/mol. The third-order valence-corrected chi connectivity index (χ3v) is 12.3. The quantitative estimate of drug-likeness (QED) is 0.0261. The van der Waals surface area contributed by atoms with Gasteiger partial charge in [-0.1, -0.05) is 271 Å². The molecule has 0 N–H and O–H groups in total. The van der Waals surface area contributed by atoms with Crippen molar-refractivity contribution >= 4 is 17.9 Å². The molecule has 71 heavy (non-hydrogen) atoms. The molecule has 0 spiro atoms. The molecule has 0 aliphatic rings. The molecule has 0 saturated heterocycles. The second-order valence-electron chi connectivity index (χ2n) is 19.2. The van der Waals surface area contributed by atoms with Gasteiger partial charge in [0.05, 0.1) is 0 Å². The average molecular weight is 986 g/mol. The normalized spacial score (nSPS) is 12.9. The first-order valence-corrected chi connectivity index (χ1v) is 29.4. The lowest BCUT2D eigenvalue weighted by molar-refractivity contribution is -0.167. The van der Waals surface area contributed by atoms with Crippen molar-refractivity contribution in [3.8, 4) is 0 Å². The van der Waals surface area contributed by atoms with Crippen LogP contribution in [0.25, 0.3) is 0 Å². The number of ether oxygens (including phenoxy) is 3. The standard InChI is InChI=1S/C65H108O6/c1-4-7-10-13-16-19-22-24-25-26-27-28-29-30-31-32-33-34-35-36-37-38-39-41-43-46-49-52-55-58-64(67)70-61-62(60-69-63(66)57-54-51-48-45-42-21-18-15-12-9-6-3)71-65(68)59-56-53-50-47-44-40-23-20-17-14-11-8-5-2/h7,10,16,19,24-25,27-28,30-31,33-34,36-37,39,41,46,49,62H,4-6,8-9,11-15,17-18,20-23,26,29,32,35,38,40,42-45,47-48,50-61H2,1-3H3/b10-7-,19-16-,25-24-,28-27-,31-30-,34-33-,37-36-,41-39-,49-46-. The van der Waals surface area contributed by atoms with Gasteiger partial charge in [0.2, 0.25) is 0 Å². The number of allylic oxidation sites excluding steroid dienone is 18. The van der Waals surface area contributed by atoms with Crippen LogP contribution in [0.15, 0.2) is 109 Å². The minimum atomic E-state index is -0.798. The number of rotatable bonds is 52. The van der Waals surface area contributed by atoms with Crippen LogP contribution in [0.2, 0.25) is 0 Å². The Morgan fingerprint density at radius 1 is 0.296 bits per heavy atom. The van der Waals surface area contributed by atoms with Crippen molar-refractivity contribution < 1.29 is 28.6 Å². The number of carbonyl (C=O) groups excluding carboxylic acids is 3. The van der Waals surface area contributed by atoms with Crippen molar-refractivity contribution in [1.29, 1.82) is 0 Å². The molecular weight excluding hydrogens is 877 g/mol. The summed E-state index contributed by atoms with van der Waals surface area (Å²) >= 11 is 0.